The van der Waals surface area contributed by atoms with E-state index in [1.807, 2.05) is 13.8 Å². The molecule has 1 atom stereocenters. The highest BCUT2D eigenvalue weighted by atomic mass is 16.5. The van der Waals surface area contributed by atoms with E-state index in [9.17, 15) is 9.59 Å². The quantitative estimate of drug-likeness (QED) is 0.332. The number of rotatable bonds is 8. The molecule has 1 rings (SSSR count). The molecule has 1 aromatic carbocycles. The van der Waals surface area contributed by atoms with E-state index >= 15 is 0 Å². The van der Waals surface area contributed by atoms with Gasteiger partial charge in [-0.15, -0.1) is 0 Å². The van der Waals surface area contributed by atoms with Crippen molar-refractivity contribution in [1.29, 1.82) is 0 Å². The number of nitrogens with one attached hydrogen (secondary N) is 1. The molecule has 0 aromatic heterocycles. The van der Waals surface area contributed by atoms with E-state index in [1.54, 1.807) is 31.2 Å². The van der Waals surface area contributed by atoms with E-state index in [1.165, 1.54) is 0 Å². The maximum atomic E-state index is 11.8. The molecule has 0 aliphatic rings. The van der Waals surface area contributed by atoms with Gasteiger partial charge in [0.05, 0.1) is 12.7 Å². The van der Waals surface area contributed by atoms with Crippen LogP contribution in [-0.4, -0.2) is 29.8 Å². The van der Waals surface area contributed by atoms with Gasteiger partial charge in [-0.2, -0.15) is 0 Å². The number of hydrogen-bond donors (Lipinski definition) is 2. The molecule has 0 bridgehead atoms. The number of carbonyl (C=O) groups excluding carboxylic acids is 1. The summed E-state index contributed by atoms with van der Waals surface area (Å²) in [6.45, 7) is 6.01. The van der Waals surface area contributed by atoms with Gasteiger partial charge in [0, 0.05) is 11.9 Å². The normalized spacial score (nSPS) is 12.4. The minimum absolute atomic E-state index is 0.333. The average Bonchev–Trinajstić information content (AvgIpc) is 2.49. The molecule has 0 fully saturated rings. The summed E-state index contributed by atoms with van der Waals surface area (Å²) < 4.78 is 10.3. The Labute approximate surface area is 129 Å². The van der Waals surface area contributed by atoms with Crippen molar-refractivity contribution in [2.45, 2.75) is 33.3 Å². The molecule has 0 aliphatic heterocycles. The number of carboxylic acids is 1. The van der Waals surface area contributed by atoms with Crippen LogP contribution in [-0.2, 0) is 14.3 Å². The van der Waals surface area contributed by atoms with Gasteiger partial charge in [-0.3, -0.25) is 0 Å². The maximum Gasteiger partial charge on any atom is 0.347 e. The van der Waals surface area contributed by atoms with Crippen molar-refractivity contribution < 1.29 is 24.2 Å². The van der Waals surface area contributed by atoms with Crippen molar-refractivity contribution in [2.24, 2.45) is 0 Å². The maximum absolute atomic E-state index is 11.8. The molecule has 0 heterocycles. The Hall–Kier alpha value is -2.50. The Bertz CT molecular complexity index is 536. The fourth-order valence-electron chi connectivity index (χ4n) is 1.51. The summed E-state index contributed by atoms with van der Waals surface area (Å²) in [5.41, 5.74) is 0.188. The van der Waals surface area contributed by atoms with Crippen LogP contribution in [0.15, 0.2) is 36.0 Å². The third-order valence-electron chi connectivity index (χ3n) is 2.88. The first-order valence-electron chi connectivity index (χ1n) is 7.11. The number of esters is 1. The second-order valence-electron chi connectivity index (χ2n) is 4.59. The molecule has 2 N–H and O–H groups in total. The number of benzene rings is 1. The molecule has 120 valence electrons. The number of carbonyl (C=O) groups is 2. The van der Waals surface area contributed by atoms with Gasteiger partial charge >= 0.3 is 11.9 Å². The zero-order chi connectivity index (χ0) is 16.5. The topological polar surface area (TPSA) is 84.9 Å². The molecule has 0 aliphatic carbocycles. The van der Waals surface area contributed by atoms with E-state index in [0.717, 1.165) is 6.20 Å². The monoisotopic (exact) mass is 307 g/mol. The Kier molecular flexibility index (Phi) is 6.95. The second kappa shape index (κ2) is 8.71. The first-order valence-corrected chi connectivity index (χ1v) is 7.11. The van der Waals surface area contributed by atoms with Crippen molar-refractivity contribution in [2.75, 3.05) is 11.9 Å². The smallest absolute Gasteiger partial charge is 0.347 e. The van der Waals surface area contributed by atoms with Crippen LogP contribution in [0.1, 0.15) is 27.2 Å². The number of anilines is 1. The zero-order valence-corrected chi connectivity index (χ0v) is 13.0. The van der Waals surface area contributed by atoms with Crippen LogP contribution < -0.4 is 10.1 Å². The van der Waals surface area contributed by atoms with Crippen molar-refractivity contribution in [3.8, 4) is 5.75 Å². The lowest BCUT2D eigenvalue weighted by molar-refractivity contribution is -0.147. The fraction of sp³-hybridized carbons (Fsp3) is 0.375. The number of hydrogen-bond acceptors (Lipinski definition) is 5. The first kappa shape index (κ1) is 17.6. The average molecular weight is 307 g/mol. The molecule has 0 radical (unpaired) electrons. The van der Waals surface area contributed by atoms with Gasteiger partial charge < -0.3 is 19.9 Å². The summed E-state index contributed by atoms with van der Waals surface area (Å²) in [7, 11) is 0. The predicted octanol–water partition coefficient (Wildman–Crippen LogP) is 2.81. The van der Waals surface area contributed by atoms with Crippen LogP contribution >= 0.6 is 0 Å². The number of carboxylic acid groups (broad SMARTS) is 1. The van der Waals surface area contributed by atoms with E-state index in [2.05, 4.69) is 5.32 Å². The molecule has 1 aromatic rings. The van der Waals surface area contributed by atoms with Gasteiger partial charge in [0.25, 0.3) is 0 Å². The van der Waals surface area contributed by atoms with E-state index in [-0.39, 0.29) is 6.10 Å². The third-order valence-corrected chi connectivity index (χ3v) is 2.88. The van der Waals surface area contributed by atoms with Gasteiger partial charge in [0.2, 0.25) is 0 Å². The van der Waals surface area contributed by atoms with Crippen LogP contribution in [0.3, 0.4) is 0 Å². The van der Waals surface area contributed by atoms with E-state index in [0.29, 0.717) is 24.5 Å². The van der Waals surface area contributed by atoms with Crippen LogP contribution in [0.5, 0.6) is 5.75 Å². The van der Waals surface area contributed by atoms with Gasteiger partial charge in [-0.1, -0.05) is 6.92 Å². The summed E-state index contributed by atoms with van der Waals surface area (Å²) in [6, 6.07) is 6.94. The lowest BCUT2D eigenvalue weighted by atomic mass is 10.2. The molecule has 0 spiro atoms. The van der Waals surface area contributed by atoms with Crippen molar-refractivity contribution in [3.05, 3.63) is 36.0 Å². The van der Waals surface area contributed by atoms with Crippen molar-refractivity contribution >= 4 is 17.6 Å². The highest BCUT2D eigenvalue weighted by Gasteiger charge is 2.20. The second-order valence-corrected chi connectivity index (χ2v) is 4.59. The van der Waals surface area contributed by atoms with Gasteiger partial charge in [0.1, 0.15) is 5.75 Å². The lowest BCUT2D eigenvalue weighted by Crippen LogP contribution is -2.21. The summed E-state index contributed by atoms with van der Waals surface area (Å²) in [5.74, 6) is -1.49. The minimum atomic E-state index is -1.34. The molecular formula is C16H21NO5. The highest BCUT2D eigenvalue weighted by molar-refractivity contribution is 6.13. The minimum Gasteiger partial charge on any atom is -0.494 e. The van der Waals surface area contributed by atoms with Crippen LogP contribution in [0, 0.1) is 0 Å². The summed E-state index contributed by atoms with van der Waals surface area (Å²) in [4.78, 5) is 22.9. The number of aliphatic carboxylic acids is 1. The Morgan fingerprint density at radius 2 is 1.91 bits per heavy atom. The largest absolute Gasteiger partial charge is 0.494 e. The van der Waals surface area contributed by atoms with E-state index in [4.69, 9.17) is 14.6 Å². The van der Waals surface area contributed by atoms with Gasteiger partial charge in [0.15, 0.2) is 5.57 Å². The molecule has 6 nitrogen and oxygen atoms in total. The summed E-state index contributed by atoms with van der Waals surface area (Å²) >= 11 is 0. The third kappa shape index (κ3) is 5.47. The Morgan fingerprint density at radius 1 is 1.27 bits per heavy atom. The highest BCUT2D eigenvalue weighted by Crippen LogP contribution is 2.16. The summed E-state index contributed by atoms with van der Waals surface area (Å²) in [6.07, 6.45) is 1.41. The van der Waals surface area contributed by atoms with Crippen LogP contribution in [0.25, 0.3) is 0 Å². The Balaban J connectivity index is 2.77. The predicted molar refractivity (Wildman–Crippen MR) is 82.8 cm³/mol. The van der Waals surface area contributed by atoms with Crippen molar-refractivity contribution in [1.82, 2.24) is 0 Å². The van der Waals surface area contributed by atoms with Gasteiger partial charge in [-0.05, 0) is 44.5 Å². The van der Waals surface area contributed by atoms with E-state index < -0.39 is 17.5 Å². The standard InChI is InChI=1S/C16H21NO5/c1-4-11(3)22-16(20)14(15(18)19)10-17-12-6-8-13(9-7-12)21-5-2/h6-11,17H,4-5H2,1-3H3,(H,18,19). The first-order chi connectivity index (χ1) is 10.5. The molecule has 0 amide bonds. The molecule has 0 saturated carbocycles. The van der Waals surface area contributed by atoms with Gasteiger partial charge in [-0.25, -0.2) is 9.59 Å². The zero-order valence-electron chi connectivity index (χ0n) is 13.0. The lowest BCUT2D eigenvalue weighted by Gasteiger charge is -2.11. The number of ether oxygens (including phenoxy) is 2. The molecule has 22 heavy (non-hydrogen) atoms. The Morgan fingerprint density at radius 3 is 2.41 bits per heavy atom. The SMILES string of the molecule is CCOc1ccc(NC=C(C(=O)O)C(=O)OC(C)CC)cc1. The van der Waals surface area contributed by atoms with Crippen LogP contribution in [0.2, 0.25) is 0 Å². The van der Waals surface area contributed by atoms with Crippen molar-refractivity contribution in [3.63, 3.8) is 0 Å². The molecule has 0 saturated heterocycles. The van der Waals surface area contributed by atoms with Crippen LogP contribution in [0.4, 0.5) is 5.69 Å². The summed E-state index contributed by atoms with van der Waals surface area (Å²) in [5, 5.41) is 11.9. The molecular weight excluding hydrogens is 286 g/mol. The molecule has 1 unspecified atom stereocenters. The molecule has 6 heteroatoms. The fourth-order valence-corrected chi connectivity index (χ4v) is 1.51.